The highest BCUT2D eigenvalue weighted by atomic mass is 32.2. The Kier molecular flexibility index (Phi) is 10.1. The highest BCUT2D eigenvalue weighted by molar-refractivity contribution is 7.89. The van der Waals surface area contributed by atoms with Crippen molar-refractivity contribution >= 4 is 21.7 Å². The maximum atomic E-state index is 11.5. The molecule has 0 radical (unpaired) electrons. The highest BCUT2D eigenvalue weighted by Crippen LogP contribution is 2.30. The van der Waals surface area contributed by atoms with Gasteiger partial charge < -0.3 is 14.4 Å². The third kappa shape index (κ3) is 8.92. The fraction of sp³-hybridized carbons (Fsp3) is 0.370. The molecule has 0 saturated carbocycles. The molecule has 0 bridgehead atoms. The fourth-order valence-electron chi connectivity index (χ4n) is 3.71. The molecular formula is C27H34N4O5S. The molecule has 198 valence electrons. The number of aromatic nitrogens is 2. The Bertz CT molecular complexity index is 1250. The van der Waals surface area contributed by atoms with Crippen molar-refractivity contribution in [2.24, 2.45) is 0 Å². The first kappa shape index (κ1) is 28.2. The number of nitrogens with zero attached hydrogens (tertiary/aromatic N) is 3. The minimum Gasteiger partial charge on any atom is -0.374 e. The zero-order chi connectivity index (χ0) is 26.8. The number of carbonyl (C=O) groups is 1. The van der Waals surface area contributed by atoms with E-state index in [2.05, 4.69) is 18.7 Å². The Morgan fingerprint density at radius 3 is 2.14 bits per heavy atom. The van der Waals surface area contributed by atoms with Crippen molar-refractivity contribution in [2.45, 2.75) is 32.9 Å². The minimum absolute atomic E-state index is 0.148. The van der Waals surface area contributed by atoms with Crippen LogP contribution in [0, 0.1) is 0 Å². The van der Waals surface area contributed by atoms with Gasteiger partial charge in [-0.3, -0.25) is 14.5 Å². The molecule has 1 heterocycles. The number of ether oxygens (including phenoxy) is 2. The predicted octanol–water partition coefficient (Wildman–Crippen LogP) is 3.52. The van der Waals surface area contributed by atoms with Gasteiger partial charge in [0, 0.05) is 23.7 Å². The molecule has 9 nitrogen and oxygen atoms in total. The number of hydrogen-bond donors (Lipinski definition) is 1. The first-order valence-corrected chi connectivity index (χ1v) is 14.0. The lowest BCUT2D eigenvalue weighted by molar-refractivity contribution is -0.125. The van der Waals surface area contributed by atoms with E-state index in [9.17, 15) is 13.2 Å². The van der Waals surface area contributed by atoms with Gasteiger partial charge in [-0.2, -0.15) is 0 Å². The van der Waals surface area contributed by atoms with E-state index in [0.29, 0.717) is 13.2 Å². The fourth-order valence-corrected chi connectivity index (χ4v) is 4.19. The second kappa shape index (κ2) is 13.3. The summed E-state index contributed by atoms with van der Waals surface area (Å²) in [6.07, 6.45) is 2.42. The standard InChI is InChI=1S/C27H34N4O5S/c1-20(2)31(15-16-36-21(3)18-35-19-25(32)30-37(4,33)34)24-17-28-26(22-11-7-5-8-12-22)27(29-24)23-13-9-6-10-14-23/h5-14,17,20-21H,15-16,18-19H2,1-4H3,(H,30,32)/t21-/m1/s1. The van der Waals surface area contributed by atoms with Crippen molar-refractivity contribution in [3.8, 4) is 22.5 Å². The van der Waals surface area contributed by atoms with Crippen molar-refractivity contribution < 1.29 is 22.7 Å². The summed E-state index contributed by atoms with van der Waals surface area (Å²) in [6, 6.07) is 20.2. The van der Waals surface area contributed by atoms with Crippen LogP contribution in [0.3, 0.4) is 0 Å². The summed E-state index contributed by atoms with van der Waals surface area (Å²) in [6.45, 7) is 6.78. The van der Waals surface area contributed by atoms with Gasteiger partial charge in [0.05, 0.1) is 43.2 Å². The molecular weight excluding hydrogens is 492 g/mol. The number of rotatable bonds is 13. The summed E-state index contributed by atoms with van der Waals surface area (Å²) < 4.78 is 35.2. The van der Waals surface area contributed by atoms with E-state index in [0.717, 1.165) is 34.6 Å². The number of carbonyl (C=O) groups excluding carboxylic acids is 1. The van der Waals surface area contributed by atoms with Gasteiger partial charge >= 0.3 is 0 Å². The van der Waals surface area contributed by atoms with E-state index in [1.807, 2.05) is 72.3 Å². The van der Waals surface area contributed by atoms with E-state index < -0.39 is 15.9 Å². The van der Waals surface area contributed by atoms with Gasteiger partial charge in [-0.1, -0.05) is 60.7 Å². The first-order chi connectivity index (χ1) is 17.6. The molecule has 0 fully saturated rings. The Hall–Kier alpha value is -3.34. The number of amides is 1. The molecule has 0 aliphatic rings. The van der Waals surface area contributed by atoms with Crippen molar-refractivity contribution in [1.29, 1.82) is 0 Å². The molecule has 2 aromatic carbocycles. The molecule has 10 heteroatoms. The van der Waals surface area contributed by atoms with Gasteiger partial charge in [0.15, 0.2) is 0 Å². The molecule has 37 heavy (non-hydrogen) atoms. The summed E-state index contributed by atoms with van der Waals surface area (Å²) in [5.74, 6) is 0.0333. The SMILES string of the molecule is CC(C)N(CCO[C@H](C)COCC(=O)NS(C)(=O)=O)c1cnc(-c2ccccc2)c(-c2ccccc2)n1. The van der Waals surface area contributed by atoms with Crippen LogP contribution in [0.2, 0.25) is 0 Å². The number of hydrogen-bond acceptors (Lipinski definition) is 8. The Labute approximate surface area is 218 Å². The van der Waals surface area contributed by atoms with Crippen LogP contribution in [-0.4, -0.2) is 69.1 Å². The molecule has 0 aliphatic heterocycles. The van der Waals surface area contributed by atoms with E-state index in [1.54, 1.807) is 6.20 Å². The highest BCUT2D eigenvalue weighted by Gasteiger charge is 2.18. The van der Waals surface area contributed by atoms with Crippen molar-refractivity contribution in [3.63, 3.8) is 0 Å². The van der Waals surface area contributed by atoms with E-state index in [1.165, 1.54) is 0 Å². The number of anilines is 1. The molecule has 0 spiro atoms. The lowest BCUT2D eigenvalue weighted by atomic mass is 10.0. The van der Waals surface area contributed by atoms with Crippen molar-refractivity contribution in [1.82, 2.24) is 14.7 Å². The normalized spacial score (nSPS) is 12.4. The van der Waals surface area contributed by atoms with Gasteiger partial charge in [-0.25, -0.2) is 13.4 Å². The average Bonchev–Trinajstić information content (AvgIpc) is 2.86. The van der Waals surface area contributed by atoms with E-state index in [4.69, 9.17) is 19.4 Å². The van der Waals surface area contributed by atoms with Gasteiger partial charge in [-0.15, -0.1) is 0 Å². The Morgan fingerprint density at radius 2 is 1.57 bits per heavy atom. The predicted molar refractivity (Wildman–Crippen MR) is 145 cm³/mol. The lowest BCUT2D eigenvalue weighted by Crippen LogP contribution is -2.36. The summed E-state index contributed by atoms with van der Waals surface area (Å²) in [5, 5.41) is 0. The topological polar surface area (TPSA) is 111 Å². The van der Waals surface area contributed by atoms with Crippen molar-refractivity contribution in [2.75, 3.05) is 37.5 Å². The molecule has 3 rings (SSSR count). The summed E-state index contributed by atoms with van der Waals surface area (Å²) in [7, 11) is -3.60. The van der Waals surface area contributed by atoms with E-state index in [-0.39, 0.29) is 25.4 Å². The van der Waals surface area contributed by atoms with Crippen LogP contribution in [0.1, 0.15) is 20.8 Å². The average molecular weight is 527 g/mol. The minimum atomic E-state index is -3.60. The second-order valence-corrected chi connectivity index (χ2v) is 10.7. The molecule has 1 amide bonds. The van der Waals surface area contributed by atoms with Crippen LogP contribution in [-0.2, 0) is 24.3 Å². The number of sulfonamides is 1. The van der Waals surface area contributed by atoms with Gasteiger partial charge in [0.25, 0.3) is 5.91 Å². The maximum Gasteiger partial charge on any atom is 0.259 e. The van der Waals surface area contributed by atoms with Crippen LogP contribution < -0.4 is 9.62 Å². The summed E-state index contributed by atoms with van der Waals surface area (Å²) in [4.78, 5) is 23.5. The second-order valence-electron chi connectivity index (χ2n) is 8.94. The Morgan fingerprint density at radius 1 is 0.973 bits per heavy atom. The Balaban J connectivity index is 1.66. The maximum absolute atomic E-state index is 11.5. The monoisotopic (exact) mass is 526 g/mol. The molecule has 0 aliphatic carbocycles. The van der Waals surface area contributed by atoms with Crippen LogP contribution in [0.4, 0.5) is 5.82 Å². The number of benzene rings is 2. The summed E-state index contributed by atoms with van der Waals surface area (Å²) >= 11 is 0. The lowest BCUT2D eigenvalue weighted by Gasteiger charge is -2.29. The third-order valence-corrected chi connectivity index (χ3v) is 5.99. The molecule has 1 aromatic heterocycles. The zero-order valence-corrected chi connectivity index (χ0v) is 22.4. The van der Waals surface area contributed by atoms with Crippen LogP contribution >= 0.6 is 0 Å². The van der Waals surface area contributed by atoms with Crippen LogP contribution in [0.25, 0.3) is 22.5 Å². The van der Waals surface area contributed by atoms with Crippen molar-refractivity contribution in [3.05, 3.63) is 66.9 Å². The quantitative estimate of drug-likeness (QED) is 0.360. The molecule has 1 atom stereocenters. The molecule has 0 saturated heterocycles. The largest absolute Gasteiger partial charge is 0.374 e. The van der Waals surface area contributed by atoms with Gasteiger partial charge in [0.1, 0.15) is 12.4 Å². The van der Waals surface area contributed by atoms with Crippen LogP contribution in [0.5, 0.6) is 0 Å². The van der Waals surface area contributed by atoms with E-state index >= 15 is 0 Å². The molecule has 3 aromatic rings. The van der Waals surface area contributed by atoms with Gasteiger partial charge in [-0.05, 0) is 20.8 Å². The van der Waals surface area contributed by atoms with Gasteiger partial charge in [0.2, 0.25) is 10.0 Å². The third-order valence-electron chi connectivity index (χ3n) is 5.39. The van der Waals surface area contributed by atoms with Crippen LogP contribution in [0.15, 0.2) is 66.9 Å². The molecule has 0 unspecified atom stereocenters. The number of nitrogens with one attached hydrogen (secondary N) is 1. The molecule has 1 N–H and O–H groups in total. The smallest absolute Gasteiger partial charge is 0.259 e. The summed E-state index contributed by atoms with van der Waals surface area (Å²) in [5.41, 5.74) is 3.62. The first-order valence-electron chi connectivity index (χ1n) is 12.1. The zero-order valence-electron chi connectivity index (χ0n) is 21.6.